The van der Waals surface area contributed by atoms with Crippen molar-refractivity contribution in [3.05, 3.63) is 95.1 Å². The minimum Gasteiger partial charge on any atom is -0.454 e. The zero-order valence-corrected chi connectivity index (χ0v) is 18.2. The predicted molar refractivity (Wildman–Crippen MR) is 124 cm³/mol. The molecule has 0 unspecified atom stereocenters. The number of carbonyl (C=O) groups excluding carboxylic acids is 2. The highest BCUT2D eigenvalue weighted by molar-refractivity contribution is 6.10. The van der Waals surface area contributed by atoms with Crippen molar-refractivity contribution in [1.29, 1.82) is 0 Å². The molecule has 0 aromatic heterocycles. The highest BCUT2D eigenvalue weighted by Crippen LogP contribution is 2.43. The number of amides is 1. The molecule has 5 rings (SSSR count). The van der Waals surface area contributed by atoms with Gasteiger partial charge in [-0.2, -0.15) is 0 Å². The third-order valence-corrected chi connectivity index (χ3v) is 5.99. The van der Waals surface area contributed by atoms with E-state index in [1.54, 1.807) is 41.3 Å². The van der Waals surface area contributed by atoms with Crippen molar-refractivity contribution in [2.24, 2.45) is 0 Å². The second-order valence-electron chi connectivity index (χ2n) is 8.34. The van der Waals surface area contributed by atoms with Gasteiger partial charge in [0.2, 0.25) is 6.79 Å². The lowest BCUT2D eigenvalue weighted by atomic mass is 9.89. The van der Waals surface area contributed by atoms with Gasteiger partial charge in [-0.25, -0.2) is 0 Å². The van der Waals surface area contributed by atoms with Crippen LogP contribution in [0.2, 0.25) is 0 Å². The van der Waals surface area contributed by atoms with Gasteiger partial charge in [0.05, 0.1) is 18.7 Å². The van der Waals surface area contributed by atoms with Gasteiger partial charge in [-0.1, -0.05) is 60.2 Å². The topological polar surface area (TPSA) is 76.1 Å². The van der Waals surface area contributed by atoms with Crippen LogP contribution < -0.4 is 14.4 Å². The number of rotatable bonds is 6. The maximum Gasteiger partial charge on any atom is 0.264 e. The van der Waals surface area contributed by atoms with E-state index in [4.69, 9.17) is 9.47 Å². The first kappa shape index (κ1) is 21.0. The molecule has 166 valence electrons. The number of anilines is 1. The van der Waals surface area contributed by atoms with Gasteiger partial charge in [0.15, 0.2) is 22.9 Å². The SMILES string of the molecule is Cc1ccc(CN2C(=O)[C@](O)(CC(=O)/C=C/c3ccc4c(c3)OCO4)c3ccccc32)cc1. The number of aliphatic hydroxyl groups is 1. The van der Waals surface area contributed by atoms with Gasteiger partial charge in [0.25, 0.3) is 5.91 Å². The molecule has 2 aliphatic heterocycles. The van der Waals surface area contributed by atoms with Crippen LogP contribution >= 0.6 is 0 Å². The Morgan fingerprint density at radius 3 is 2.64 bits per heavy atom. The van der Waals surface area contributed by atoms with Crippen molar-refractivity contribution in [2.45, 2.75) is 25.5 Å². The number of carbonyl (C=O) groups is 2. The van der Waals surface area contributed by atoms with Crippen LogP contribution in [0.25, 0.3) is 6.08 Å². The van der Waals surface area contributed by atoms with Crippen LogP contribution in [0.4, 0.5) is 5.69 Å². The summed E-state index contributed by atoms with van der Waals surface area (Å²) in [4.78, 5) is 27.7. The average Bonchev–Trinajstić information content (AvgIpc) is 3.36. The second-order valence-corrected chi connectivity index (χ2v) is 8.34. The number of hydrogen-bond acceptors (Lipinski definition) is 5. The Kier molecular flexibility index (Phi) is 5.23. The van der Waals surface area contributed by atoms with Gasteiger partial charge in [0, 0.05) is 5.56 Å². The summed E-state index contributed by atoms with van der Waals surface area (Å²) in [6, 6.07) is 20.3. The minimum absolute atomic E-state index is 0.176. The molecule has 1 amide bonds. The van der Waals surface area contributed by atoms with E-state index in [-0.39, 0.29) is 19.0 Å². The molecule has 0 spiro atoms. The van der Waals surface area contributed by atoms with Gasteiger partial charge in [-0.05, 0) is 42.3 Å². The first-order valence-corrected chi connectivity index (χ1v) is 10.7. The number of aryl methyl sites for hydroxylation is 1. The number of ether oxygens (including phenoxy) is 2. The number of allylic oxidation sites excluding steroid dienone is 1. The summed E-state index contributed by atoms with van der Waals surface area (Å²) in [5, 5.41) is 11.4. The number of ketones is 1. The number of benzene rings is 3. The molecular formula is C27H23NO5. The molecule has 2 aliphatic rings. The van der Waals surface area contributed by atoms with Crippen LogP contribution in [-0.2, 0) is 21.7 Å². The van der Waals surface area contributed by atoms with Crippen LogP contribution in [-0.4, -0.2) is 23.6 Å². The van der Waals surface area contributed by atoms with Gasteiger partial charge in [0.1, 0.15) is 0 Å². The predicted octanol–water partition coefficient (Wildman–Crippen LogP) is 4.13. The van der Waals surface area contributed by atoms with Crippen molar-refractivity contribution in [3.8, 4) is 11.5 Å². The Morgan fingerprint density at radius 2 is 1.82 bits per heavy atom. The first-order chi connectivity index (χ1) is 15.9. The third-order valence-electron chi connectivity index (χ3n) is 5.99. The van der Waals surface area contributed by atoms with E-state index in [9.17, 15) is 14.7 Å². The van der Waals surface area contributed by atoms with Crippen molar-refractivity contribution >= 4 is 23.5 Å². The van der Waals surface area contributed by atoms with E-state index in [2.05, 4.69) is 0 Å². The Balaban J connectivity index is 1.37. The third kappa shape index (κ3) is 3.90. The molecule has 3 aromatic carbocycles. The van der Waals surface area contributed by atoms with E-state index >= 15 is 0 Å². The lowest BCUT2D eigenvalue weighted by Gasteiger charge is -2.22. The fraction of sp³-hybridized carbons (Fsp3) is 0.185. The molecule has 0 aliphatic carbocycles. The second kappa shape index (κ2) is 8.22. The molecule has 0 saturated heterocycles. The van der Waals surface area contributed by atoms with Crippen molar-refractivity contribution in [1.82, 2.24) is 0 Å². The van der Waals surface area contributed by atoms with Crippen LogP contribution in [0.15, 0.2) is 72.8 Å². The van der Waals surface area contributed by atoms with Gasteiger partial charge < -0.3 is 19.5 Å². The highest BCUT2D eigenvalue weighted by atomic mass is 16.7. The molecule has 0 fully saturated rings. The van der Waals surface area contributed by atoms with E-state index in [1.807, 2.05) is 43.3 Å². The number of nitrogens with zero attached hydrogens (tertiary/aromatic N) is 1. The number of hydrogen-bond donors (Lipinski definition) is 1. The monoisotopic (exact) mass is 441 g/mol. The number of para-hydroxylation sites is 1. The standard InChI is InChI=1S/C27H23NO5/c1-18-6-8-20(9-7-18)16-28-23-5-3-2-4-22(23)27(31,26(28)30)15-21(29)12-10-19-11-13-24-25(14-19)33-17-32-24/h2-14,31H,15-17H2,1H3/b12-10+/t27-/m0/s1. The van der Waals surface area contributed by atoms with E-state index in [1.165, 1.54) is 6.08 Å². The van der Waals surface area contributed by atoms with E-state index in [0.717, 1.165) is 16.7 Å². The Labute approximate surface area is 191 Å². The van der Waals surface area contributed by atoms with Crippen LogP contribution in [0.1, 0.15) is 28.7 Å². The Morgan fingerprint density at radius 1 is 1.06 bits per heavy atom. The fourth-order valence-electron chi connectivity index (χ4n) is 4.23. The molecule has 0 bridgehead atoms. The van der Waals surface area contributed by atoms with Gasteiger partial charge in [-0.15, -0.1) is 0 Å². The summed E-state index contributed by atoms with van der Waals surface area (Å²) in [6.07, 6.45) is 2.69. The molecule has 1 N–H and O–H groups in total. The summed E-state index contributed by atoms with van der Waals surface area (Å²) >= 11 is 0. The molecule has 1 atom stereocenters. The van der Waals surface area contributed by atoms with E-state index < -0.39 is 11.5 Å². The van der Waals surface area contributed by atoms with Crippen molar-refractivity contribution in [2.75, 3.05) is 11.7 Å². The average molecular weight is 441 g/mol. The Bertz CT molecular complexity index is 1260. The molecule has 2 heterocycles. The molecule has 33 heavy (non-hydrogen) atoms. The maximum atomic E-state index is 13.4. The normalized spacial score (nSPS) is 18.7. The molecule has 6 nitrogen and oxygen atoms in total. The molecule has 0 radical (unpaired) electrons. The van der Waals surface area contributed by atoms with Crippen molar-refractivity contribution in [3.63, 3.8) is 0 Å². The Hall–Kier alpha value is -3.90. The largest absolute Gasteiger partial charge is 0.454 e. The zero-order valence-electron chi connectivity index (χ0n) is 18.2. The minimum atomic E-state index is -1.91. The van der Waals surface area contributed by atoms with Crippen LogP contribution in [0, 0.1) is 6.92 Å². The maximum absolute atomic E-state index is 13.4. The molecular weight excluding hydrogens is 418 g/mol. The smallest absolute Gasteiger partial charge is 0.264 e. The quantitative estimate of drug-likeness (QED) is 0.582. The van der Waals surface area contributed by atoms with Gasteiger partial charge in [-0.3, -0.25) is 9.59 Å². The lowest BCUT2D eigenvalue weighted by Crippen LogP contribution is -2.41. The first-order valence-electron chi connectivity index (χ1n) is 10.7. The summed E-state index contributed by atoms with van der Waals surface area (Å²) in [6.45, 7) is 2.50. The fourth-order valence-corrected chi connectivity index (χ4v) is 4.23. The van der Waals surface area contributed by atoms with Crippen molar-refractivity contribution < 1.29 is 24.2 Å². The van der Waals surface area contributed by atoms with Crippen LogP contribution in [0.5, 0.6) is 11.5 Å². The zero-order chi connectivity index (χ0) is 23.0. The number of fused-ring (bicyclic) bond motifs is 2. The molecule has 3 aromatic rings. The van der Waals surface area contributed by atoms with Gasteiger partial charge >= 0.3 is 0 Å². The summed E-state index contributed by atoms with van der Waals surface area (Å²) in [5.41, 5.74) is 2.01. The lowest BCUT2D eigenvalue weighted by molar-refractivity contribution is -0.140. The van der Waals surface area contributed by atoms with Crippen LogP contribution in [0.3, 0.4) is 0 Å². The highest BCUT2D eigenvalue weighted by Gasteiger charge is 2.50. The molecule has 6 heteroatoms. The summed E-state index contributed by atoms with van der Waals surface area (Å²) < 4.78 is 10.7. The summed E-state index contributed by atoms with van der Waals surface area (Å²) in [7, 11) is 0. The molecule has 0 saturated carbocycles. The van der Waals surface area contributed by atoms with E-state index in [0.29, 0.717) is 29.3 Å². The summed E-state index contributed by atoms with van der Waals surface area (Å²) in [5.74, 6) is 0.439.